The van der Waals surface area contributed by atoms with Gasteiger partial charge in [-0.15, -0.1) is 0 Å². The number of carboxylic acid groups (broad SMARTS) is 1. The highest BCUT2D eigenvalue weighted by molar-refractivity contribution is 7.89. The predicted molar refractivity (Wildman–Crippen MR) is 49.2 cm³/mol. The lowest BCUT2D eigenvalue weighted by molar-refractivity contribution is 0.0692. The van der Waals surface area contributed by atoms with E-state index < -0.39 is 20.9 Å². The first-order valence-electron chi connectivity index (χ1n) is 3.48. The van der Waals surface area contributed by atoms with E-state index in [4.69, 9.17) is 16.0 Å². The molecule has 0 saturated carbocycles. The molecule has 0 spiro atoms. The summed E-state index contributed by atoms with van der Waals surface area (Å²) >= 11 is 0. The lowest BCUT2D eigenvalue weighted by atomic mass is 10.2. The van der Waals surface area contributed by atoms with Crippen molar-refractivity contribution in [3.05, 3.63) is 23.8 Å². The number of sulfonamides is 1. The average molecular weight is 216 g/mol. The predicted octanol–water partition coefficient (Wildman–Crippen LogP) is -0.386. The van der Waals surface area contributed by atoms with Gasteiger partial charge in [-0.1, -0.05) is 0 Å². The first-order valence-corrected chi connectivity index (χ1v) is 5.02. The lowest BCUT2D eigenvalue weighted by Gasteiger charge is -2.03. The Hall–Kier alpha value is -1.60. The highest BCUT2D eigenvalue weighted by atomic mass is 32.2. The molecule has 14 heavy (non-hydrogen) atoms. The van der Waals surface area contributed by atoms with Crippen LogP contribution in [-0.2, 0) is 10.0 Å². The third kappa shape index (κ3) is 2.01. The van der Waals surface area contributed by atoms with Crippen LogP contribution < -0.4 is 10.9 Å². The second-order valence-electron chi connectivity index (χ2n) is 2.61. The molecule has 0 atom stereocenters. The zero-order valence-corrected chi connectivity index (χ0v) is 7.78. The van der Waals surface area contributed by atoms with Crippen molar-refractivity contribution in [1.82, 2.24) is 0 Å². The summed E-state index contributed by atoms with van der Waals surface area (Å²) in [7, 11) is -4.06. The van der Waals surface area contributed by atoms with Crippen LogP contribution in [0, 0.1) is 0 Å². The van der Waals surface area contributed by atoms with Crippen LogP contribution in [0.2, 0.25) is 0 Å². The van der Waals surface area contributed by atoms with Crippen LogP contribution in [0.25, 0.3) is 0 Å². The van der Waals surface area contributed by atoms with Crippen molar-refractivity contribution < 1.29 is 18.3 Å². The summed E-state index contributed by atoms with van der Waals surface area (Å²) in [5.41, 5.74) is 5.06. The van der Waals surface area contributed by atoms with E-state index in [2.05, 4.69) is 0 Å². The fourth-order valence-corrected chi connectivity index (χ4v) is 1.71. The van der Waals surface area contributed by atoms with Gasteiger partial charge in [0.25, 0.3) is 0 Å². The molecule has 0 amide bonds. The molecule has 0 aliphatic heterocycles. The van der Waals surface area contributed by atoms with Gasteiger partial charge in [0.05, 0.1) is 10.5 Å². The molecular formula is C7H8N2O4S. The zero-order chi connectivity index (χ0) is 10.9. The molecule has 0 aliphatic carbocycles. The van der Waals surface area contributed by atoms with Gasteiger partial charge in [-0.2, -0.15) is 0 Å². The maximum absolute atomic E-state index is 11.0. The van der Waals surface area contributed by atoms with Gasteiger partial charge >= 0.3 is 5.97 Å². The van der Waals surface area contributed by atoms with Gasteiger partial charge in [-0.3, -0.25) is 0 Å². The summed E-state index contributed by atoms with van der Waals surface area (Å²) < 4.78 is 21.9. The van der Waals surface area contributed by atoms with E-state index in [-0.39, 0.29) is 11.3 Å². The maximum atomic E-state index is 11.0. The molecule has 0 unspecified atom stereocenters. The topological polar surface area (TPSA) is 123 Å². The Bertz CT molecular complexity index is 480. The number of carbonyl (C=O) groups is 1. The first-order chi connectivity index (χ1) is 6.32. The number of rotatable bonds is 2. The molecule has 0 bridgehead atoms. The molecule has 5 N–H and O–H groups in total. The van der Waals surface area contributed by atoms with Crippen LogP contribution in [-0.4, -0.2) is 19.5 Å². The molecule has 6 nitrogen and oxygen atoms in total. The van der Waals surface area contributed by atoms with Crippen LogP contribution in [0.4, 0.5) is 5.69 Å². The van der Waals surface area contributed by atoms with Gasteiger partial charge < -0.3 is 10.8 Å². The van der Waals surface area contributed by atoms with E-state index in [1.807, 2.05) is 0 Å². The minimum Gasteiger partial charge on any atom is -0.478 e. The van der Waals surface area contributed by atoms with Crippen molar-refractivity contribution >= 4 is 21.7 Å². The minimum absolute atomic E-state index is 0.138. The molecule has 7 heteroatoms. The van der Waals surface area contributed by atoms with Crippen LogP contribution in [0.3, 0.4) is 0 Å². The summed E-state index contributed by atoms with van der Waals surface area (Å²) in [5.74, 6) is -1.37. The fraction of sp³-hybridized carbons (Fsp3) is 0. The molecule has 0 heterocycles. The smallest absolute Gasteiger partial charge is 0.337 e. The number of hydrogen-bond donors (Lipinski definition) is 3. The lowest BCUT2D eigenvalue weighted by Crippen LogP contribution is -2.17. The average Bonchev–Trinajstić information content (AvgIpc) is 2.01. The Balaban J connectivity index is 3.54. The molecule has 1 rings (SSSR count). The third-order valence-electron chi connectivity index (χ3n) is 1.54. The van der Waals surface area contributed by atoms with E-state index in [1.165, 1.54) is 6.07 Å². The summed E-state index contributed by atoms with van der Waals surface area (Å²) in [4.78, 5) is 10.1. The van der Waals surface area contributed by atoms with Crippen LogP contribution in [0.1, 0.15) is 10.4 Å². The molecule has 1 aromatic carbocycles. The van der Waals surface area contributed by atoms with Crippen LogP contribution in [0.15, 0.2) is 23.1 Å². The number of anilines is 1. The van der Waals surface area contributed by atoms with Gasteiger partial charge in [0.1, 0.15) is 0 Å². The Morgan fingerprint density at radius 2 is 1.93 bits per heavy atom. The quantitative estimate of drug-likeness (QED) is 0.581. The Morgan fingerprint density at radius 3 is 2.36 bits per heavy atom. The minimum atomic E-state index is -4.06. The number of hydrogen-bond acceptors (Lipinski definition) is 4. The molecule has 0 saturated heterocycles. The SMILES string of the molecule is Nc1ccc(C(=O)O)c(S(N)(=O)=O)c1. The van der Waals surface area contributed by atoms with E-state index in [0.717, 1.165) is 12.1 Å². The van der Waals surface area contributed by atoms with Crippen molar-refractivity contribution in [3.8, 4) is 0 Å². The van der Waals surface area contributed by atoms with Crippen molar-refractivity contribution in [2.45, 2.75) is 4.90 Å². The maximum Gasteiger partial charge on any atom is 0.337 e. The van der Waals surface area contributed by atoms with Gasteiger partial charge in [0.15, 0.2) is 0 Å². The summed E-state index contributed by atoms with van der Waals surface area (Å²) in [6, 6.07) is 3.40. The number of aromatic carboxylic acids is 1. The number of nitrogen functional groups attached to an aromatic ring is 1. The Kier molecular flexibility index (Phi) is 2.45. The fourth-order valence-electron chi connectivity index (χ4n) is 0.951. The Labute approximate surface area is 80.2 Å². The second-order valence-corrected chi connectivity index (χ2v) is 4.14. The summed E-state index contributed by atoms with van der Waals surface area (Å²) in [6.07, 6.45) is 0. The first kappa shape index (κ1) is 10.5. The highest BCUT2D eigenvalue weighted by Crippen LogP contribution is 2.17. The molecule has 0 aliphatic rings. The van der Waals surface area contributed by atoms with Gasteiger partial charge in [0.2, 0.25) is 10.0 Å². The van der Waals surface area contributed by atoms with Crippen LogP contribution >= 0.6 is 0 Å². The zero-order valence-electron chi connectivity index (χ0n) is 6.97. The molecule has 1 aromatic rings. The molecule has 0 aromatic heterocycles. The number of benzene rings is 1. The Morgan fingerprint density at radius 1 is 1.36 bits per heavy atom. The molecular weight excluding hydrogens is 208 g/mol. The largest absolute Gasteiger partial charge is 0.478 e. The monoisotopic (exact) mass is 216 g/mol. The molecule has 0 radical (unpaired) electrons. The summed E-state index contributed by atoms with van der Waals surface area (Å²) in [6.45, 7) is 0. The van der Waals surface area contributed by atoms with Crippen molar-refractivity contribution in [2.75, 3.05) is 5.73 Å². The van der Waals surface area contributed by atoms with E-state index in [9.17, 15) is 13.2 Å². The summed E-state index contributed by atoms with van der Waals surface area (Å²) in [5, 5.41) is 13.5. The van der Waals surface area contributed by atoms with Crippen molar-refractivity contribution in [1.29, 1.82) is 0 Å². The number of primary sulfonamides is 1. The van der Waals surface area contributed by atoms with Crippen molar-refractivity contribution in [3.63, 3.8) is 0 Å². The molecule has 0 fully saturated rings. The van der Waals surface area contributed by atoms with Crippen LogP contribution in [0.5, 0.6) is 0 Å². The van der Waals surface area contributed by atoms with E-state index in [0.29, 0.717) is 0 Å². The van der Waals surface area contributed by atoms with Gasteiger partial charge in [0, 0.05) is 5.69 Å². The van der Waals surface area contributed by atoms with Crippen molar-refractivity contribution in [2.24, 2.45) is 5.14 Å². The normalized spacial score (nSPS) is 11.2. The van der Waals surface area contributed by atoms with E-state index in [1.54, 1.807) is 0 Å². The number of carboxylic acids is 1. The number of nitrogens with two attached hydrogens (primary N) is 2. The molecule has 76 valence electrons. The highest BCUT2D eigenvalue weighted by Gasteiger charge is 2.18. The van der Waals surface area contributed by atoms with Gasteiger partial charge in [-0.25, -0.2) is 18.4 Å². The third-order valence-corrected chi connectivity index (χ3v) is 2.49. The second kappa shape index (κ2) is 3.28. The van der Waals surface area contributed by atoms with E-state index >= 15 is 0 Å². The standard InChI is InChI=1S/C7H8N2O4S/c8-4-1-2-5(7(10)11)6(3-4)14(9,12)13/h1-3H,8H2,(H,10,11)(H2,9,12,13). The van der Waals surface area contributed by atoms with Gasteiger partial charge in [-0.05, 0) is 18.2 Å².